The van der Waals surface area contributed by atoms with Crippen LogP contribution in [-0.4, -0.2) is 25.9 Å². The third-order valence-corrected chi connectivity index (χ3v) is 7.09. The zero-order valence-electron chi connectivity index (χ0n) is 11.9. The van der Waals surface area contributed by atoms with Gasteiger partial charge in [0.1, 0.15) is 16.6 Å². The average molecular weight is 323 g/mol. The first-order valence-electron chi connectivity index (χ1n) is 6.80. The predicted octanol–water partition coefficient (Wildman–Crippen LogP) is 3.20. The fourth-order valence-electron chi connectivity index (χ4n) is 2.55. The lowest BCUT2D eigenvalue weighted by Crippen LogP contribution is -2.34. The second-order valence-electron chi connectivity index (χ2n) is 5.04. The van der Waals surface area contributed by atoms with Gasteiger partial charge in [-0.2, -0.15) is 4.31 Å². The number of hydrogen-bond acceptors (Lipinski definition) is 4. The van der Waals surface area contributed by atoms with Gasteiger partial charge in [0.15, 0.2) is 0 Å². The highest BCUT2D eigenvalue weighted by Crippen LogP contribution is 2.36. The maximum Gasteiger partial charge on any atom is 0.253 e. The first-order chi connectivity index (χ1) is 10.00. The van der Waals surface area contributed by atoms with E-state index in [2.05, 4.69) is 0 Å². The van der Waals surface area contributed by atoms with Crippen LogP contribution >= 0.6 is 11.3 Å². The largest absolute Gasteiger partial charge is 0.492 e. The average Bonchev–Trinajstić information content (AvgIpc) is 2.83. The molecule has 0 radical (unpaired) electrons. The minimum Gasteiger partial charge on any atom is -0.492 e. The van der Waals surface area contributed by atoms with Gasteiger partial charge in [-0.25, -0.2) is 8.42 Å². The van der Waals surface area contributed by atoms with Crippen LogP contribution in [0.1, 0.15) is 23.4 Å². The molecule has 1 aromatic carbocycles. The van der Waals surface area contributed by atoms with Gasteiger partial charge in [-0.15, -0.1) is 11.3 Å². The van der Waals surface area contributed by atoms with Crippen LogP contribution in [0.5, 0.6) is 5.75 Å². The topological polar surface area (TPSA) is 46.6 Å². The Balaban J connectivity index is 2.03. The van der Waals surface area contributed by atoms with Gasteiger partial charge in [0.25, 0.3) is 10.0 Å². The van der Waals surface area contributed by atoms with Gasteiger partial charge in [0, 0.05) is 17.0 Å². The van der Waals surface area contributed by atoms with E-state index in [1.165, 1.54) is 15.6 Å². The van der Waals surface area contributed by atoms with E-state index in [4.69, 9.17) is 4.74 Å². The van der Waals surface area contributed by atoms with E-state index in [1.807, 2.05) is 44.2 Å². The lowest BCUT2D eigenvalue weighted by atomic mass is 10.1. The number of para-hydroxylation sites is 1. The highest BCUT2D eigenvalue weighted by atomic mass is 32.2. The van der Waals surface area contributed by atoms with Gasteiger partial charge in [0.2, 0.25) is 0 Å². The zero-order valence-corrected chi connectivity index (χ0v) is 13.6. The van der Waals surface area contributed by atoms with Crippen molar-refractivity contribution in [3.05, 3.63) is 46.8 Å². The van der Waals surface area contributed by atoms with Gasteiger partial charge in [-0.3, -0.25) is 0 Å². The first kappa shape index (κ1) is 14.6. The van der Waals surface area contributed by atoms with Crippen LogP contribution in [0.3, 0.4) is 0 Å². The summed E-state index contributed by atoms with van der Waals surface area (Å²) in [6, 6.07) is 10.9. The summed E-state index contributed by atoms with van der Waals surface area (Å²) in [5, 5.41) is 0. The second kappa shape index (κ2) is 5.44. The molecular weight excluding hydrogens is 306 g/mol. The predicted molar refractivity (Wildman–Crippen MR) is 83.3 cm³/mol. The van der Waals surface area contributed by atoms with Crippen molar-refractivity contribution in [1.29, 1.82) is 0 Å². The Morgan fingerprint density at radius 1 is 1.24 bits per heavy atom. The molecule has 1 aliphatic rings. The van der Waals surface area contributed by atoms with Crippen molar-refractivity contribution < 1.29 is 13.2 Å². The Hall–Kier alpha value is -1.37. The van der Waals surface area contributed by atoms with Gasteiger partial charge in [0.05, 0.1) is 6.04 Å². The molecule has 0 saturated carbocycles. The van der Waals surface area contributed by atoms with Crippen LogP contribution in [-0.2, 0) is 10.0 Å². The SMILES string of the molecule is Cc1ccc(S(=O)(=O)N2CCOc3ccccc3C2C)s1. The lowest BCUT2D eigenvalue weighted by molar-refractivity contribution is 0.278. The molecule has 0 fully saturated rings. The Bertz CT molecular complexity index is 752. The molecule has 1 aliphatic heterocycles. The molecule has 0 amide bonds. The number of fused-ring (bicyclic) bond motifs is 1. The summed E-state index contributed by atoms with van der Waals surface area (Å²) >= 11 is 1.31. The van der Waals surface area contributed by atoms with Crippen molar-refractivity contribution in [2.24, 2.45) is 0 Å². The molecule has 0 saturated heterocycles. The standard InChI is InChI=1S/C15H17NO3S2/c1-11-7-8-15(20-11)21(17,18)16-9-10-19-14-6-4-3-5-13(14)12(16)2/h3-8,12H,9-10H2,1-2H3. The molecular formula is C15H17NO3S2. The van der Waals surface area contributed by atoms with E-state index >= 15 is 0 Å². The molecule has 4 nitrogen and oxygen atoms in total. The molecule has 1 unspecified atom stereocenters. The number of ether oxygens (including phenoxy) is 1. The van der Waals surface area contributed by atoms with E-state index < -0.39 is 10.0 Å². The first-order valence-corrected chi connectivity index (χ1v) is 9.06. The monoisotopic (exact) mass is 323 g/mol. The third kappa shape index (κ3) is 2.59. The van der Waals surface area contributed by atoms with Crippen LogP contribution in [0.2, 0.25) is 0 Å². The lowest BCUT2D eigenvalue weighted by Gasteiger charge is -2.25. The summed E-state index contributed by atoms with van der Waals surface area (Å²) in [4.78, 5) is 0.993. The quantitative estimate of drug-likeness (QED) is 0.852. The Morgan fingerprint density at radius 3 is 2.71 bits per heavy atom. The van der Waals surface area contributed by atoms with Crippen molar-refractivity contribution >= 4 is 21.4 Å². The second-order valence-corrected chi connectivity index (χ2v) is 8.45. The molecule has 6 heteroatoms. The Labute approximate surface area is 129 Å². The number of sulfonamides is 1. The third-order valence-electron chi connectivity index (χ3n) is 3.65. The molecule has 1 atom stereocenters. The normalized spacial score (nSPS) is 19.6. The van der Waals surface area contributed by atoms with E-state index in [-0.39, 0.29) is 6.04 Å². The van der Waals surface area contributed by atoms with Crippen molar-refractivity contribution in [2.75, 3.05) is 13.2 Å². The molecule has 0 bridgehead atoms. The molecule has 0 aliphatic carbocycles. The number of hydrogen-bond donors (Lipinski definition) is 0. The Kier molecular flexibility index (Phi) is 3.77. The van der Waals surface area contributed by atoms with Crippen LogP contribution in [0.25, 0.3) is 0 Å². The molecule has 0 N–H and O–H groups in total. The van der Waals surface area contributed by atoms with Gasteiger partial charge in [-0.1, -0.05) is 18.2 Å². The van der Waals surface area contributed by atoms with Crippen LogP contribution in [0.4, 0.5) is 0 Å². The van der Waals surface area contributed by atoms with Crippen molar-refractivity contribution in [2.45, 2.75) is 24.1 Å². The van der Waals surface area contributed by atoms with Crippen LogP contribution < -0.4 is 4.74 Å². The summed E-state index contributed by atoms with van der Waals surface area (Å²) in [6.45, 7) is 4.54. The van der Waals surface area contributed by atoms with Crippen molar-refractivity contribution in [3.63, 3.8) is 0 Å². The molecule has 112 valence electrons. The smallest absolute Gasteiger partial charge is 0.253 e. The number of thiophene rings is 1. The highest BCUT2D eigenvalue weighted by molar-refractivity contribution is 7.91. The summed E-state index contributed by atoms with van der Waals surface area (Å²) in [5.74, 6) is 0.769. The van der Waals surface area contributed by atoms with Gasteiger partial charge < -0.3 is 4.74 Å². The van der Waals surface area contributed by atoms with E-state index in [0.29, 0.717) is 17.4 Å². The summed E-state index contributed by atoms with van der Waals surface area (Å²) in [6.07, 6.45) is 0. The minimum atomic E-state index is -3.48. The Morgan fingerprint density at radius 2 is 2.00 bits per heavy atom. The van der Waals surface area contributed by atoms with Gasteiger partial charge in [-0.05, 0) is 32.0 Å². The molecule has 2 aromatic rings. The fraction of sp³-hybridized carbons (Fsp3) is 0.333. The fourth-order valence-corrected chi connectivity index (χ4v) is 5.55. The molecule has 1 aromatic heterocycles. The van der Waals surface area contributed by atoms with E-state index in [1.54, 1.807) is 6.07 Å². The van der Waals surface area contributed by atoms with Crippen LogP contribution in [0, 0.1) is 6.92 Å². The van der Waals surface area contributed by atoms with E-state index in [9.17, 15) is 8.42 Å². The number of nitrogens with zero attached hydrogens (tertiary/aromatic N) is 1. The molecule has 3 rings (SSSR count). The summed E-state index contributed by atoms with van der Waals surface area (Å²) in [7, 11) is -3.48. The summed E-state index contributed by atoms with van der Waals surface area (Å²) in [5.41, 5.74) is 0.909. The van der Waals surface area contributed by atoms with Crippen LogP contribution in [0.15, 0.2) is 40.6 Å². The van der Waals surface area contributed by atoms with Gasteiger partial charge >= 0.3 is 0 Å². The molecule has 2 heterocycles. The van der Waals surface area contributed by atoms with Crippen molar-refractivity contribution in [3.8, 4) is 5.75 Å². The molecule has 21 heavy (non-hydrogen) atoms. The van der Waals surface area contributed by atoms with E-state index in [0.717, 1.165) is 16.2 Å². The zero-order chi connectivity index (χ0) is 15.0. The minimum absolute atomic E-state index is 0.240. The highest BCUT2D eigenvalue weighted by Gasteiger charge is 2.33. The summed E-state index contributed by atoms with van der Waals surface area (Å²) < 4.78 is 33.3. The maximum absolute atomic E-state index is 12.9. The van der Waals surface area contributed by atoms with Crippen molar-refractivity contribution in [1.82, 2.24) is 4.31 Å². The molecule has 0 spiro atoms. The number of aryl methyl sites for hydroxylation is 1. The number of benzene rings is 1. The number of rotatable bonds is 2. The maximum atomic E-state index is 12.9.